The van der Waals surface area contributed by atoms with E-state index in [1.54, 1.807) is 51.1 Å². The van der Waals surface area contributed by atoms with Gasteiger partial charge in [-0.3, -0.25) is 9.59 Å². The molecule has 0 spiro atoms. The first-order valence-electron chi connectivity index (χ1n) is 14.3. The van der Waals surface area contributed by atoms with Gasteiger partial charge in [-0.25, -0.2) is 13.4 Å². The van der Waals surface area contributed by atoms with Gasteiger partial charge in [0.25, 0.3) is 0 Å². The van der Waals surface area contributed by atoms with Crippen LogP contribution < -0.4 is 29.6 Å². The summed E-state index contributed by atoms with van der Waals surface area (Å²) >= 11 is 0. The average Bonchev–Trinajstić information content (AvgIpc) is 3.39. The number of aryl methyl sites for hydroxylation is 1. The van der Waals surface area contributed by atoms with Crippen molar-refractivity contribution in [1.29, 1.82) is 0 Å². The summed E-state index contributed by atoms with van der Waals surface area (Å²) in [6.45, 7) is 5.37. The number of para-hydroxylation sites is 1. The van der Waals surface area contributed by atoms with E-state index in [2.05, 4.69) is 15.6 Å². The molecule has 44 heavy (non-hydrogen) atoms. The van der Waals surface area contributed by atoms with Crippen LogP contribution in [-0.4, -0.2) is 75.6 Å². The van der Waals surface area contributed by atoms with Crippen molar-refractivity contribution in [3.8, 4) is 34.5 Å². The molecule has 0 unspecified atom stereocenters. The highest BCUT2D eigenvalue weighted by molar-refractivity contribution is 7.89. The van der Waals surface area contributed by atoms with Crippen molar-refractivity contribution in [3.63, 3.8) is 0 Å². The van der Waals surface area contributed by atoms with Crippen molar-refractivity contribution in [3.05, 3.63) is 47.9 Å². The van der Waals surface area contributed by atoms with Crippen LogP contribution in [0.1, 0.15) is 31.7 Å². The number of rotatable bonds is 4. The minimum atomic E-state index is -4.25. The van der Waals surface area contributed by atoms with Gasteiger partial charge in [-0.1, -0.05) is 19.9 Å². The molecule has 2 aliphatic heterocycles. The van der Waals surface area contributed by atoms with Crippen molar-refractivity contribution in [1.82, 2.24) is 19.9 Å². The molecule has 2 aromatic carbocycles. The Labute approximate surface area is 255 Å². The fourth-order valence-electron chi connectivity index (χ4n) is 4.93. The molecule has 0 aliphatic carbocycles. The van der Waals surface area contributed by atoms with Crippen LogP contribution in [0.25, 0.3) is 11.5 Å². The van der Waals surface area contributed by atoms with E-state index in [1.807, 2.05) is 0 Å². The van der Waals surface area contributed by atoms with Crippen LogP contribution in [0.2, 0.25) is 0 Å². The molecule has 4 bridgehead atoms. The van der Waals surface area contributed by atoms with E-state index in [9.17, 15) is 18.0 Å². The van der Waals surface area contributed by atoms with Crippen molar-refractivity contribution >= 4 is 21.8 Å². The van der Waals surface area contributed by atoms with Crippen LogP contribution in [0.3, 0.4) is 0 Å². The summed E-state index contributed by atoms with van der Waals surface area (Å²) in [7, 11) is -2.73. The lowest BCUT2D eigenvalue weighted by molar-refractivity contribution is -0.130. The van der Waals surface area contributed by atoms with Gasteiger partial charge >= 0.3 is 0 Å². The molecule has 3 heterocycles. The molecule has 14 heteroatoms. The number of aromatic nitrogens is 1. The Hall–Kier alpha value is -4.30. The summed E-state index contributed by atoms with van der Waals surface area (Å²) in [5.41, 5.74) is 1.16. The van der Waals surface area contributed by atoms with Gasteiger partial charge in [-0.2, -0.15) is 4.31 Å². The third kappa shape index (κ3) is 6.60. The number of nitrogens with one attached hydrogen (secondary N) is 2. The van der Waals surface area contributed by atoms with E-state index in [-0.39, 0.29) is 49.3 Å². The number of methoxy groups -OCH3 is 1. The normalized spacial score (nSPS) is 18.4. The first-order chi connectivity index (χ1) is 21.1. The standard InChI is InChI=1S/C30H36N4O9S/c1-18(2)27-29(36)31-16-21-19(3)43-30(32-21)20-9-10-22(39-4)24(15-20)40-12-6-11-34(17-26(35)33-27)44(37,38)25-8-5-7-23-28(25)42-14-13-41-23/h5,7-10,15,18,27H,6,11-14,16-17H2,1-4H3,(H,31,36)(H,33,35)/t27-/m0/s1. The highest BCUT2D eigenvalue weighted by Crippen LogP contribution is 2.38. The van der Waals surface area contributed by atoms with Gasteiger partial charge in [0.2, 0.25) is 27.7 Å². The Morgan fingerprint density at radius 2 is 1.82 bits per heavy atom. The van der Waals surface area contributed by atoms with E-state index in [0.717, 1.165) is 4.31 Å². The molecule has 5 rings (SSSR count). The van der Waals surface area contributed by atoms with Gasteiger partial charge in [-0.15, -0.1) is 0 Å². The van der Waals surface area contributed by atoms with Gasteiger partial charge in [0, 0.05) is 12.1 Å². The molecule has 3 aromatic rings. The van der Waals surface area contributed by atoms with Crippen LogP contribution in [0.5, 0.6) is 23.0 Å². The zero-order valence-electron chi connectivity index (χ0n) is 25.0. The molecular weight excluding hydrogens is 592 g/mol. The smallest absolute Gasteiger partial charge is 0.247 e. The van der Waals surface area contributed by atoms with Crippen molar-refractivity contribution in [2.75, 3.05) is 40.0 Å². The zero-order valence-corrected chi connectivity index (χ0v) is 25.9. The lowest BCUT2D eigenvalue weighted by atomic mass is 10.0. The molecule has 2 N–H and O–H groups in total. The Morgan fingerprint density at radius 1 is 1.05 bits per heavy atom. The van der Waals surface area contributed by atoms with Gasteiger partial charge in [-0.05, 0) is 49.6 Å². The van der Waals surface area contributed by atoms with Crippen LogP contribution in [-0.2, 0) is 26.2 Å². The first kappa shape index (κ1) is 31.1. The molecule has 2 amide bonds. The number of fused-ring (bicyclic) bond motifs is 6. The second-order valence-electron chi connectivity index (χ2n) is 10.7. The predicted octanol–water partition coefficient (Wildman–Crippen LogP) is 2.66. The SMILES string of the molecule is COc1ccc2cc1OCCCN(S(=O)(=O)c1cccc3c1OCCO3)CC(=O)N[C@@H](C(C)C)C(=O)NCc1nc-2oc1C. The zero-order chi connectivity index (χ0) is 31.4. The Morgan fingerprint density at radius 3 is 2.59 bits per heavy atom. The minimum Gasteiger partial charge on any atom is -0.493 e. The highest BCUT2D eigenvalue weighted by Gasteiger charge is 2.33. The third-order valence-electron chi connectivity index (χ3n) is 7.28. The molecule has 2 aliphatic rings. The van der Waals surface area contributed by atoms with Crippen molar-refractivity contribution in [2.24, 2.45) is 5.92 Å². The Bertz CT molecular complexity index is 1640. The maximum atomic E-state index is 14.0. The fraction of sp³-hybridized carbons (Fsp3) is 0.433. The monoisotopic (exact) mass is 628 g/mol. The number of hydrogen-bond donors (Lipinski definition) is 2. The molecule has 0 fully saturated rings. The maximum Gasteiger partial charge on any atom is 0.247 e. The number of amides is 2. The topological polar surface area (TPSA) is 159 Å². The number of hydrogen-bond acceptors (Lipinski definition) is 10. The molecule has 236 valence electrons. The van der Waals surface area contributed by atoms with Gasteiger partial charge in [0.1, 0.15) is 35.6 Å². The van der Waals surface area contributed by atoms with Gasteiger partial charge in [0.05, 0.1) is 26.8 Å². The highest BCUT2D eigenvalue weighted by atomic mass is 32.2. The number of benzene rings is 2. The number of nitrogens with zero attached hydrogens (tertiary/aromatic N) is 2. The van der Waals surface area contributed by atoms with E-state index in [0.29, 0.717) is 46.8 Å². The third-order valence-corrected chi connectivity index (χ3v) is 9.15. The van der Waals surface area contributed by atoms with E-state index in [4.69, 9.17) is 23.4 Å². The summed E-state index contributed by atoms with van der Waals surface area (Å²) in [6.07, 6.45) is 0.225. The molecule has 13 nitrogen and oxygen atoms in total. The van der Waals surface area contributed by atoms with Crippen molar-refractivity contribution in [2.45, 2.75) is 44.7 Å². The summed E-state index contributed by atoms with van der Waals surface area (Å²) in [4.78, 5) is 31.0. The van der Waals surface area contributed by atoms with Gasteiger partial charge < -0.3 is 34.0 Å². The van der Waals surface area contributed by atoms with Gasteiger partial charge in [0.15, 0.2) is 23.0 Å². The largest absolute Gasteiger partial charge is 0.493 e. The number of carbonyl (C=O) groups is 2. The molecule has 1 atom stereocenters. The average molecular weight is 629 g/mol. The number of sulfonamides is 1. The van der Waals surface area contributed by atoms with Crippen LogP contribution in [0.4, 0.5) is 0 Å². The molecule has 0 saturated carbocycles. The fourth-order valence-corrected chi connectivity index (χ4v) is 6.51. The minimum absolute atomic E-state index is 0.0639. The van der Waals surface area contributed by atoms with E-state index < -0.39 is 34.4 Å². The summed E-state index contributed by atoms with van der Waals surface area (Å²) in [5.74, 6) is 0.784. The van der Waals surface area contributed by atoms with Crippen LogP contribution in [0.15, 0.2) is 45.7 Å². The van der Waals surface area contributed by atoms with E-state index in [1.165, 1.54) is 13.2 Å². The molecule has 0 radical (unpaired) electrons. The second-order valence-corrected chi connectivity index (χ2v) is 12.6. The summed E-state index contributed by atoms with van der Waals surface area (Å²) in [5, 5.41) is 5.53. The summed E-state index contributed by atoms with van der Waals surface area (Å²) in [6, 6.07) is 8.90. The molecular formula is C30H36N4O9S. The number of oxazole rings is 1. The second kappa shape index (κ2) is 13.1. The Kier molecular flexibility index (Phi) is 9.30. The summed E-state index contributed by atoms with van der Waals surface area (Å²) < 4.78 is 57.7. The maximum absolute atomic E-state index is 14.0. The van der Waals surface area contributed by atoms with Crippen molar-refractivity contribution < 1.29 is 41.4 Å². The Balaban J connectivity index is 1.49. The number of ether oxygens (including phenoxy) is 4. The van der Waals surface area contributed by atoms with Crippen LogP contribution >= 0.6 is 0 Å². The lowest BCUT2D eigenvalue weighted by Gasteiger charge is -2.27. The predicted molar refractivity (Wildman–Crippen MR) is 158 cm³/mol. The van der Waals surface area contributed by atoms with E-state index >= 15 is 0 Å². The molecule has 0 saturated heterocycles. The molecule has 1 aromatic heterocycles. The number of carbonyl (C=O) groups excluding carboxylic acids is 2. The quantitative estimate of drug-likeness (QED) is 0.440. The van der Waals surface area contributed by atoms with Crippen LogP contribution in [0, 0.1) is 12.8 Å². The lowest BCUT2D eigenvalue weighted by Crippen LogP contribution is -2.52. The first-order valence-corrected chi connectivity index (χ1v) is 15.8.